The summed E-state index contributed by atoms with van der Waals surface area (Å²) in [6.45, 7) is 2.76. The first-order chi connectivity index (χ1) is 9.19. The first-order valence-electron chi connectivity index (χ1n) is 6.26. The van der Waals surface area contributed by atoms with Crippen LogP contribution in [0.5, 0.6) is 0 Å². The number of rotatable bonds is 4. The number of hydrogen-bond acceptors (Lipinski definition) is 5. The molecule has 2 aromatic rings. The Balaban J connectivity index is 2.08. The Morgan fingerprint density at radius 3 is 3.00 bits per heavy atom. The van der Waals surface area contributed by atoms with Crippen LogP contribution in [0, 0.1) is 18.3 Å². The van der Waals surface area contributed by atoms with Crippen LogP contribution in [0.15, 0.2) is 6.07 Å². The molecule has 0 aliphatic heterocycles. The van der Waals surface area contributed by atoms with Gasteiger partial charge in [0.1, 0.15) is 10.6 Å². The third-order valence-corrected chi connectivity index (χ3v) is 4.31. The lowest BCUT2D eigenvalue weighted by Crippen LogP contribution is -2.27. The number of halogens is 1. The number of thiophene rings is 1. The fraction of sp³-hybridized carbons (Fsp3) is 0.462. The highest BCUT2D eigenvalue weighted by molar-refractivity contribution is 7.18. The van der Waals surface area contributed by atoms with Gasteiger partial charge < -0.3 is 4.90 Å². The van der Waals surface area contributed by atoms with Crippen molar-refractivity contribution in [2.24, 2.45) is 0 Å². The Hall–Kier alpha value is -1.38. The van der Waals surface area contributed by atoms with Crippen molar-refractivity contribution in [3.05, 3.63) is 16.2 Å². The summed E-state index contributed by atoms with van der Waals surface area (Å²) in [5, 5.41) is 10.1. The van der Waals surface area contributed by atoms with Crippen molar-refractivity contribution >= 4 is 39.0 Å². The van der Waals surface area contributed by atoms with E-state index in [1.807, 2.05) is 0 Å². The van der Waals surface area contributed by atoms with E-state index in [0.717, 1.165) is 28.9 Å². The number of hydrogen-bond donors (Lipinski definition) is 0. The van der Waals surface area contributed by atoms with Crippen LogP contribution in [0.3, 0.4) is 0 Å². The monoisotopic (exact) mass is 292 g/mol. The third kappa shape index (κ3) is 2.51. The number of nitrogens with zero attached hydrogens (tertiary/aromatic N) is 4. The molecule has 0 amide bonds. The summed E-state index contributed by atoms with van der Waals surface area (Å²) in [5.74, 6) is 0.886. The minimum Gasteiger partial charge on any atom is -0.352 e. The van der Waals surface area contributed by atoms with Crippen molar-refractivity contribution in [3.63, 3.8) is 0 Å². The molecular formula is C13H13ClN4S. The van der Waals surface area contributed by atoms with Gasteiger partial charge in [-0.15, -0.1) is 11.3 Å². The Bertz CT molecular complexity index is 656. The lowest BCUT2D eigenvalue weighted by molar-refractivity contribution is 0.781. The number of nitriles is 1. The molecule has 98 valence electrons. The summed E-state index contributed by atoms with van der Waals surface area (Å²) >= 11 is 7.66. The van der Waals surface area contributed by atoms with Crippen molar-refractivity contribution < 1.29 is 0 Å². The van der Waals surface area contributed by atoms with E-state index in [4.69, 9.17) is 16.9 Å². The summed E-state index contributed by atoms with van der Waals surface area (Å²) in [7, 11) is 0. The minimum absolute atomic E-state index is 0.284. The van der Waals surface area contributed by atoms with Gasteiger partial charge in [0, 0.05) is 17.5 Å². The summed E-state index contributed by atoms with van der Waals surface area (Å²) in [6, 6.07) is 4.81. The largest absolute Gasteiger partial charge is 0.352 e. The average Bonchev–Trinajstić information content (AvgIpc) is 3.12. The lowest BCUT2D eigenvalue weighted by atomic mass is 10.3. The third-order valence-electron chi connectivity index (χ3n) is 3.19. The molecule has 4 nitrogen and oxygen atoms in total. The molecule has 0 unspecified atom stereocenters. The Kier molecular flexibility index (Phi) is 3.29. The molecule has 0 saturated heterocycles. The topological polar surface area (TPSA) is 52.8 Å². The lowest BCUT2D eigenvalue weighted by Gasteiger charge is -2.22. The average molecular weight is 293 g/mol. The van der Waals surface area contributed by atoms with E-state index in [1.165, 1.54) is 4.88 Å². The summed E-state index contributed by atoms with van der Waals surface area (Å²) < 4.78 is 0. The highest BCUT2D eigenvalue weighted by Crippen LogP contribution is 2.37. The number of aryl methyl sites for hydroxylation is 1. The van der Waals surface area contributed by atoms with E-state index >= 15 is 0 Å². The molecule has 0 atom stereocenters. The molecule has 2 aromatic heterocycles. The number of anilines is 1. The van der Waals surface area contributed by atoms with Crippen molar-refractivity contribution in [3.8, 4) is 6.07 Å². The van der Waals surface area contributed by atoms with Crippen molar-refractivity contribution in [1.82, 2.24) is 9.97 Å². The van der Waals surface area contributed by atoms with Gasteiger partial charge in [-0.05, 0) is 37.4 Å². The van der Waals surface area contributed by atoms with Crippen molar-refractivity contribution in [2.75, 3.05) is 11.4 Å². The summed E-state index contributed by atoms with van der Waals surface area (Å²) in [5.41, 5.74) is 0. The molecule has 0 spiro atoms. The van der Waals surface area contributed by atoms with E-state index in [0.29, 0.717) is 19.0 Å². The van der Waals surface area contributed by atoms with Crippen LogP contribution in [-0.4, -0.2) is 22.6 Å². The van der Waals surface area contributed by atoms with Crippen LogP contribution < -0.4 is 4.90 Å². The highest BCUT2D eigenvalue weighted by atomic mass is 35.5. The molecule has 1 fully saturated rings. The predicted octanol–water partition coefficient (Wildman–Crippen LogP) is 3.54. The molecule has 6 heteroatoms. The molecule has 0 aromatic carbocycles. The SMILES string of the molecule is Cc1cc2c(N(CCC#N)C3CC3)nc(Cl)nc2s1. The van der Waals surface area contributed by atoms with E-state index in [2.05, 4.69) is 33.9 Å². The molecule has 1 saturated carbocycles. The zero-order chi connectivity index (χ0) is 13.4. The molecule has 0 radical (unpaired) electrons. The first kappa shape index (κ1) is 12.6. The molecule has 19 heavy (non-hydrogen) atoms. The van der Waals surface area contributed by atoms with E-state index in [9.17, 15) is 0 Å². The maximum atomic E-state index is 8.80. The first-order valence-corrected chi connectivity index (χ1v) is 7.46. The zero-order valence-electron chi connectivity index (χ0n) is 10.6. The maximum Gasteiger partial charge on any atom is 0.225 e. The second-order valence-corrected chi connectivity index (χ2v) is 6.30. The van der Waals surface area contributed by atoms with Gasteiger partial charge in [-0.25, -0.2) is 4.98 Å². The van der Waals surface area contributed by atoms with Gasteiger partial charge in [-0.1, -0.05) is 0 Å². The summed E-state index contributed by atoms with van der Waals surface area (Å²) in [4.78, 5) is 13.0. The normalized spacial score (nSPS) is 14.6. The second-order valence-electron chi connectivity index (χ2n) is 4.72. The maximum absolute atomic E-state index is 8.80. The summed E-state index contributed by atoms with van der Waals surface area (Å²) in [6.07, 6.45) is 2.83. The molecule has 0 bridgehead atoms. The molecule has 3 rings (SSSR count). The second kappa shape index (κ2) is 4.95. The van der Waals surface area contributed by atoms with Gasteiger partial charge in [0.05, 0.1) is 17.9 Å². The van der Waals surface area contributed by atoms with Crippen LogP contribution in [0.1, 0.15) is 24.1 Å². The number of aromatic nitrogens is 2. The fourth-order valence-corrected chi connectivity index (χ4v) is 3.33. The molecular weight excluding hydrogens is 280 g/mol. The Labute approximate surface area is 120 Å². The predicted molar refractivity (Wildman–Crippen MR) is 77.8 cm³/mol. The zero-order valence-corrected chi connectivity index (χ0v) is 12.1. The van der Waals surface area contributed by atoms with E-state index in [1.54, 1.807) is 11.3 Å². The fourth-order valence-electron chi connectivity index (χ4n) is 2.24. The smallest absolute Gasteiger partial charge is 0.225 e. The molecule has 1 aliphatic rings. The van der Waals surface area contributed by atoms with Crippen molar-refractivity contribution in [1.29, 1.82) is 5.26 Å². The quantitative estimate of drug-likeness (QED) is 0.809. The molecule has 0 N–H and O–H groups in total. The van der Waals surface area contributed by atoms with Crippen molar-refractivity contribution in [2.45, 2.75) is 32.2 Å². The minimum atomic E-state index is 0.284. The van der Waals surface area contributed by atoms with Crippen LogP contribution in [0.25, 0.3) is 10.2 Å². The standard InChI is InChI=1S/C13H13ClN4S/c1-8-7-10-11(16-13(14)17-12(10)19-8)18(6-2-5-15)9-3-4-9/h7,9H,2-4,6H2,1H3. The van der Waals surface area contributed by atoms with Gasteiger partial charge >= 0.3 is 0 Å². The van der Waals surface area contributed by atoms with Gasteiger partial charge in [0.25, 0.3) is 0 Å². The van der Waals surface area contributed by atoms with E-state index < -0.39 is 0 Å². The van der Waals surface area contributed by atoms with Gasteiger partial charge in [0.2, 0.25) is 5.28 Å². The van der Waals surface area contributed by atoms with Crippen LogP contribution in [0.2, 0.25) is 5.28 Å². The molecule has 2 heterocycles. The van der Waals surface area contributed by atoms with Crippen LogP contribution >= 0.6 is 22.9 Å². The highest BCUT2D eigenvalue weighted by Gasteiger charge is 2.31. The Morgan fingerprint density at radius 2 is 2.32 bits per heavy atom. The van der Waals surface area contributed by atoms with Crippen LogP contribution in [-0.2, 0) is 0 Å². The van der Waals surface area contributed by atoms with Gasteiger partial charge in [-0.2, -0.15) is 10.2 Å². The van der Waals surface area contributed by atoms with Gasteiger partial charge in [0.15, 0.2) is 0 Å². The van der Waals surface area contributed by atoms with Crippen LogP contribution in [0.4, 0.5) is 5.82 Å². The number of fused-ring (bicyclic) bond motifs is 1. The van der Waals surface area contributed by atoms with Gasteiger partial charge in [-0.3, -0.25) is 0 Å². The van der Waals surface area contributed by atoms with E-state index in [-0.39, 0.29) is 5.28 Å². The molecule has 1 aliphatic carbocycles. The Morgan fingerprint density at radius 1 is 1.53 bits per heavy atom.